The number of methoxy groups -OCH3 is 1. The van der Waals surface area contributed by atoms with Crippen molar-refractivity contribution in [3.05, 3.63) is 4.88 Å². The van der Waals surface area contributed by atoms with Gasteiger partial charge in [-0.3, -0.25) is 0 Å². The van der Waals surface area contributed by atoms with Gasteiger partial charge in [-0.2, -0.15) is 5.26 Å². The lowest BCUT2D eigenvalue weighted by molar-refractivity contribution is 0.420. The maximum absolute atomic E-state index is 8.86. The Kier molecular flexibility index (Phi) is 4.44. The monoisotopic (exact) mass is 239 g/mol. The number of hydrogen-bond acceptors (Lipinski definition) is 5. The molecule has 0 aromatic carbocycles. The molecule has 0 bridgehead atoms. The Hall–Kier alpha value is -1.41. The molecule has 1 aromatic rings. The molecule has 16 heavy (non-hydrogen) atoms. The van der Waals surface area contributed by atoms with Crippen molar-refractivity contribution in [1.82, 2.24) is 0 Å². The summed E-state index contributed by atoms with van der Waals surface area (Å²) in [6, 6.07) is 2.06. The number of ether oxygens (including phenoxy) is 1. The van der Waals surface area contributed by atoms with Crippen molar-refractivity contribution in [2.75, 3.05) is 24.7 Å². The van der Waals surface area contributed by atoms with Gasteiger partial charge in [0.2, 0.25) is 0 Å². The standard InChI is InChI=1S/C11H17N3OS/c1-7(2)4-5-14-11-10(15-3)9(13)8(6-12)16-11/h7,14H,4-5,13H2,1-3H3. The van der Waals surface area contributed by atoms with Gasteiger partial charge in [0.15, 0.2) is 5.75 Å². The molecule has 0 saturated carbocycles. The molecule has 1 heterocycles. The van der Waals surface area contributed by atoms with Gasteiger partial charge in [0.25, 0.3) is 0 Å². The van der Waals surface area contributed by atoms with Crippen LogP contribution in [-0.2, 0) is 0 Å². The molecule has 1 aromatic heterocycles. The van der Waals surface area contributed by atoms with Crippen LogP contribution < -0.4 is 15.8 Å². The normalized spacial score (nSPS) is 10.2. The van der Waals surface area contributed by atoms with Crippen LogP contribution in [0.25, 0.3) is 0 Å². The number of nitrogens with zero attached hydrogens (tertiary/aromatic N) is 1. The summed E-state index contributed by atoms with van der Waals surface area (Å²) in [5, 5.41) is 13.0. The van der Waals surface area contributed by atoms with E-state index in [-0.39, 0.29) is 0 Å². The molecule has 0 spiro atoms. The Balaban J connectivity index is 2.76. The minimum atomic E-state index is 0.432. The first-order valence-electron chi connectivity index (χ1n) is 5.20. The first-order valence-corrected chi connectivity index (χ1v) is 6.02. The number of rotatable bonds is 5. The molecule has 88 valence electrons. The van der Waals surface area contributed by atoms with E-state index >= 15 is 0 Å². The second kappa shape index (κ2) is 5.61. The summed E-state index contributed by atoms with van der Waals surface area (Å²) in [6.45, 7) is 5.20. The van der Waals surface area contributed by atoms with E-state index < -0.39 is 0 Å². The van der Waals surface area contributed by atoms with Gasteiger partial charge in [0, 0.05) is 6.54 Å². The van der Waals surface area contributed by atoms with E-state index in [0.717, 1.165) is 18.0 Å². The Morgan fingerprint density at radius 3 is 2.75 bits per heavy atom. The van der Waals surface area contributed by atoms with Gasteiger partial charge in [0.1, 0.15) is 21.6 Å². The molecule has 0 aliphatic rings. The van der Waals surface area contributed by atoms with Crippen LogP contribution in [0.5, 0.6) is 5.75 Å². The summed E-state index contributed by atoms with van der Waals surface area (Å²) in [6.07, 6.45) is 1.07. The molecule has 0 unspecified atom stereocenters. The lowest BCUT2D eigenvalue weighted by atomic mass is 10.1. The summed E-state index contributed by atoms with van der Waals surface area (Å²) in [7, 11) is 1.56. The highest BCUT2D eigenvalue weighted by molar-refractivity contribution is 7.17. The number of anilines is 2. The average molecular weight is 239 g/mol. The van der Waals surface area contributed by atoms with Crippen LogP contribution in [0.3, 0.4) is 0 Å². The fourth-order valence-corrected chi connectivity index (χ4v) is 2.22. The van der Waals surface area contributed by atoms with Crippen molar-refractivity contribution in [3.63, 3.8) is 0 Å². The highest BCUT2D eigenvalue weighted by atomic mass is 32.1. The number of nitriles is 1. The van der Waals surface area contributed by atoms with Crippen LogP contribution in [0.2, 0.25) is 0 Å². The Morgan fingerprint density at radius 1 is 1.56 bits per heavy atom. The lowest BCUT2D eigenvalue weighted by Gasteiger charge is -2.08. The summed E-state index contributed by atoms with van der Waals surface area (Å²) in [5.41, 5.74) is 6.21. The largest absolute Gasteiger partial charge is 0.492 e. The van der Waals surface area contributed by atoms with Crippen LogP contribution in [0.15, 0.2) is 0 Å². The van der Waals surface area contributed by atoms with Gasteiger partial charge in [-0.1, -0.05) is 13.8 Å². The highest BCUT2D eigenvalue weighted by Gasteiger charge is 2.15. The quantitative estimate of drug-likeness (QED) is 0.828. The van der Waals surface area contributed by atoms with Gasteiger partial charge < -0.3 is 15.8 Å². The van der Waals surface area contributed by atoms with E-state index in [0.29, 0.717) is 22.2 Å². The molecule has 3 N–H and O–H groups in total. The maximum Gasteiger partial charge on any atom is 0.177 e. The minimum absolute atomic E-state index is 0.432. The molecular weight excluding hydrogens is 222 g/mol. The molecule has 0 atom stereocenters. The SMILES string of the molecule is COc1c(NCCC(C)C)sc(C#N)c1N. The van der Waals surface area contributed by atoms with E-state index in [4.69, 9.17) is 15.7 Å². The number of nitrogens with two attached hydrogens (primary N) is 1. The van der Waals surface area contributed by atoms with E-state index in [2.05, 4.69) is 25.2 Å². The van der Waals surface area contributed by atoms with E-state index in [1.54, 1.807) is 7.11 Å². The third kappa shape index (κ3) is 2.80. The van der Waals surface area contributed by atoms with Crippen LogP contribution in [0.4, 0.5) is 10.7 Å². The third-order valence-corrected chi connectivity index (χ3v) is 3.26. The van der Waals surface area contributed by atoms with Gasteiger partial charge in [-0.05, 0) is 12.3 Å². The van der Waals surface area contributed by atoms with Crippen molar-refractivity contribution in [1.29, 1.82) is 5.26 Å². The third-order valence-electron chi connectivity index (χ3n) is 2.21. The van der Waals surface area contributed by atoms with Crippen LogP contribution in [0.1, 0.15) is 25.1 Å². The Morgan fingerprint density at radius 2 is 2.25 bits per heavy atom. The molecule has 4 nitrogen and oxygen atoms in total. The highest BCUT2D eigenvalue weighted by Crippen LogP contribution is 2.41. The Labute approximate surface area is 100 Å². The first-order chi connectivity index (χ1) is 7.60. The number of hydrogen-bond donors (Lipinski definition) is 2. The zero-order valence-electron chi connectivity index (χ0n) is 9.83. The van der Waals surface area contributed by atoms with Crippen LogP contribution in [-0.4, -0.2) is 13.7 Å². The number of nitrogen functional groups attached to an aromatic ring is 1. The lowest BCUT2D eigenvalue weighted by Crippen LogP contribution is -2.04. The van der Waals surface area contributed by atoms with Gasteiger partial charge in [-0.15, -0.1) is 11.3 Å². The fourth-order valence-electron chi connectivity index (χ4n) is 1.31. The Bertz CT molecular complexity index is 393. The second-order valence-corrected chi connectivity index (χ2v) is 4.95. The predicted octanol–water partition coefficient (Wildman–Crippen LogP) is 2.67. The summed E-state index contributed by atoms with van der Waals surface area (Å²) >= 11 is 1.34. The van der Waals surface area contributed by atoms with Crippen molar-refractivity contribution in [3.8, 4) is 11.8 Å². The van der Waals surface area contributed by atoms with Crippen molar-refractivity contribution in [2.24, 2.45) is 5.92 Å². The molecule has 5 heteroatoms. The van der Waals surface area contributed by atoms with Gasteiger partial charge >= 0.3 is 0 Å². The van der Waals surface area contributed by atoms with E-state index in [9.17, 15) is 0 Å². The molecule has 0 aliphatic heterocycles. The van der Waals surface area contributed by atoms with E-state index in [1.807, 2.05) is 0 Å². The van der Waals surface area contributed by atoms with Crippen molar-refractivity contribution >= 4 is 22.0 Å². The average Bonchev–Trinajstić information content (AvgIpc) is 2.54. The summed E-state index contributed by atoms with van der Waals surface area (Å²) in [4.78, 5) is 0.504. The van der Waals surface area contributed by atoms with Crippen molar-refractivity contribution < 1.29 is 4.74 Å². The summed E-state index contributed by atoms with van der Waals surface area (Å²) in [5.74, 6) is 1.23. The van der Waals surface area contributed by atoms with Crippen LogP contribution >= 0.6 is 11.3 Å². The van der Waals surface area contributed by atoms with E-state index in [1.165, 1.54) is 11.3 Å². The minimum Gasteiger partial charge on any atom is -0.492 e. The molecule has 0 aliphatic carbocycles. The van der Waals surface area contributed by atoms with Crippen LogP contribution in [0, 0.1) is 17.2 Å². The molecule has 1 rings (SSSR count). The van der Waals surface area contributed by atoms with Gasteiger partial charge in [-0.25, -0.2) is 0 Å². The zero-order chi connectivity index (χ0) is 12.1. The smallest absolute Gasteiger partial charge is 0.177 e. The molecule has 0 saturated heterocycles. The van der Waals surface area contributed by atoms with Crippen molar-refractivity contribution in [2.45, 2.75) is 20.3 Å². The number of thiophene rings is 1. The molecular formula is C11H17N3OS. The number of nitrogens with one attached hydrogen (secondary N) is 1. The zero-order valence-corrected chi connectivity index (χ0v) is 10.6. The maximum atomic E-state index is 8.86. The predicted molar refractivity (Wildman–Crippen MR) is 67.9 cm³/mol. The fraction of sp³-hybridized carbons (Fsp3) is 0.545. The molecule has 0 fully saturated rings. The second-order valence-electron chi connectivity index (χ2n) is 3.93. The first kappa shape index (κ1) is 12.7. The van der Waals surface area contributed by atoms with Gasteiger partial charge in [0.05, 0.1) is 7.11 Å². The molecule has 0 amide bonds. The summed E-state index contributed by atoms with van der Waals surface area (Å²) < 4.78 is 5.19. The molecule has 0 radical (unpaired) electrons. The topological polar surface area (TPSA) is 71.1 Å².